The van der Waals surface area contributed by atoms with E-state index in [9.17, 15) is 9.59 Å². The third-order valence-corrected chi connectivity index (χ3v) is 9.23. The highest BCUT2D eigenvalue weighted by molar-refractivity contribution is 5.86. The summed E-state index contributed by atoms with van der Waals surface area (Å²) in [6.07, 6.45) is 1.55. The van der Waals surface area contributed by atoms with E-state index < -0.39 is 24.3 Å². The first-order chi connectivity index (χ1) is 19.7. The lowest BCUT2D eigenvalue weighted by atomic mass is 9.64. The molecule has 216 valence electrons. The summed E-state index contributed by atoms with van der Waals surface area (Å²) in [5.41, 5.74) is 2.91. The fourth-order valence-corrected chi connectivity index (χ4v) is 6.90. The summed E-state index contributed by atoms with van der Waals surface area (Å²) < 4.78 is 12.5. The van der Waals surface area contributed by atoms with Gasteiger partial charge in [-0.1, -0.05) is 132 Å². The molecule has 5 rings (SSSR count). The van der Waals surface area contributed by atoms with E-state index in [4.69, 9.17) is 9.47 Å². The summed E-state index contributed by atoms with van der Waals surface area (Å²) in [5.74, 6) is 0.179. The molecule has 3 aromatic rings. The molecule has 5 nitrogen and oxygen atoms in total. The number of carbonyl (C=O) groups is 2. The first-order valence-electron chi connectivity index (χ1n) is 15.0. The Labute approximate surface area is 244 Å². The zero-order chi connectivity index (χ0) is 29.1. The second-order valence-electron chi connectivity index (χ2n) is 12.8. The summed E-state index contributed by atoms with van der Waals surface area (Å²) >= 11 is 0. The first kappa shape index (κ1) is 28.9. The number of hydrogen-bond donors (Lipinski definition) is 0. The van der Waals surface area contributed by atoms with Gasteiger partial charge in [0.25, 0.3) is 0 Å². The topological polar surface area (TPSA) is 55.8 Å². The summed E-state index contributed by atoms with van der Waals surface area (Å²) in [6.45, 7) is 10.7. The highest BCUT2D eigenvalue weighted by Crippen LogP contribution is 2.45. The van der Waals surface area contributed by atoms with Crippen LogP contribution < -0.4 is 0 Å². The number of amides is 1. The van der Waals surface area contributed by atoms with E-state index >= 15 is 0 Å². The molecule has 2 fully saturated rings. The van der Waals surface area contributed by atoms with Crippen LogP contribution in [0, 0.1) is 17.8 Å². The van der Waals surface area contributed by atoms with E-state index in [1.807, 2.05) is 80.6 Å². The van der Waals surface area contributed by atoms with E-state index in [1.165, 1.54) is 5.56 Å². The molecule has 5 unspecified atom stereocenters. The Morgan fingerprint density at radius 1 is 0.878 bits per heavy atom. The molecule has 1 amide bonds. The van der Waals surface area contributed by atoms with Crippen molar-refractivity contribution in [2.24, 2.45) is 17.8 Å². The first-order valence-corrected chi connectivity index (χ1v) is 15.0. The van der Waals surface area contributed by atoms with Crippen LogP contribution in [0.2, 0.25) is 0 Å². The van der Waals surface area contributed by atoms with Gasteiger partial charge in [0.1, 0.15) is 12.2 Å². The van der Waals surface area contributed by atoms with Gasteiger partial charge in [-0.05, 0) is 46.8 Å². The Hall–Kier alpha value is -3.60. The van der Waals surface area contributed by atoms with E-state index in [1.54, 1.807) is 4.90 Å². The van der Waals surface area contributed by atoms with Gasteiger partial charge in [-0.15, -0.1) is 0 Å². The van der Waals surface area contributed by atoms with E-state index in [-0.39, 0.29) is 29.3 Å². The van der Waals surface area contributed by atoms with Crippen molar-refractivity contribution in [3.05, 3.63) is 108 Å². The maximum atomic E-state index is 14.4. The number of cyclic esters (lactones) is 1. The van der Waals surface area contributed by atoms with Gasteiger partial charge in [0, 0.05) is 5.92 Å². The van der Waals surface area contributed by atoms with Gasteiger partial charge in [0.2, 0.25) is 0 Å². The van der Waals surface area contributed by atoms with E-state index in [0.29, 0.717) is 5.92 Å². The third kappa shape index (κ3) is 5.91. The van der Waals surface area contributed by atoms with Crippen molar-refractivity contribution in [3.8, 4) is 0 Å². The Morgan fingerprint density at radius 3 is 1.95 bits per heavy atom. The molecule has 1 aliphatic heterocycles. The van der Waals surface area contributed by atoms with Gasteiger partial charge in [0.05, 0.1) is 6.04 Å². The molecule has 1 heterocycles. The second-order valence-corrected chi connectivity index (χ2v) is 12.8. The van der Waals surface area contributed by atoms with Crippen LogP contribution in [-0.2, 0) is 19.7 Å². The number of carbonyl (C=O) groups excluding carboxylic acids is 2. The fourth-order valence-electron chi connectivity index (χ4n) is 6.90. The SMILES string of the molecule is CC1CCC(C(C)(C)c2ccccc2)C(OC(=O)C2C(C(C)C)OC(=O)N2C(c2ccccc2)c2ccccc2)C1. The van der Waals surface area contributed by atoms with Crippen molar-refractivity contribution in [2.75, 3.05) is 0 Å². The highest BCUT2D eigenvalue weighted by atomic mass is 16.6. The summed E-state index contributed by atoms with van der Waals surface area (Å²) in [7, 11) is 0. The third-order valence-electron chi connectivity index (χ3n) is 9.23. The van der Waals surface area contributed by atoms with Crippen molar-refractivity contribution in [1.29, 1.82) is 0 Å². The molecule has 0 radical (unpaired) electrons. The lowest BCUT2D eigenvalue weighted by Gasteiger charge is -2.44. The average molecular weight is 554 g/mol. The molecule has 3 aromatic carbocycles. The van der Waals surface area contributed by atoms with Crippen molar-refractivity contribution in [3.63, 3.8) is 0 Å². The standard InChI is InChI=1S/C36H43NO4/c1-24(2)33-32(37(35(39)41-33)31(26-15-9-6-10-16-26)27-17-11-7-12-18-27)34(38)40-30-23-25(3)21-22-29(30)36(4,5)28-19-13-8-14-20-28/h6-20,24-25,29-33H,21-23H2,1-5H3. The molecule has 1 saturated heterocycles. The van der Waals surface area contributed by atoms with Crippen LogP contribution in [0.4, 0.5) is 4.79 Å². The molecule has 0 aromatic heterocycles. The Morgan fingerprint density at radius 2 is 1.41 bits per heavy atom. The number of nitrogens with zero attached hydrogens (tertiary/aromatic N) is 1. The molecular formula is C36H43NO4. The van der Waals surface area contributed by atoms with E-state index in [2.05, 4.69) is 45.0 Å². The normalized spacial score (nSPS) is 24.9. The van der Waals surface area contributed by atoms with Gasteiger partial charge in [-0.2, -0.15) is 0 Å². The Bertz CT molecular complexity index is 1270. The van der Waals surface area contributed by atoms with Crippen LogP contribution in [0.25, 0.3) is 0 Å². The zero-order valence-electron chi connectivity index (χ0n) is 24.9. The lowest BCUT2D eigenvalue weighted by Crippen LogP contribution is -2.50. The van der Waals surface area contributed by atoms with Crippen LogP contribution in [0.5, 0.6) is 0 Å². The van der Waals surface area contributed by atoms with Crippen LogP contribution in [0.15, 0.2) is 91.0 Å². The Balaban J connectivity index is 1.51. The van der Waals surface area contributed by atoms with Crippen LogP contribution >= 0.6 is 0 Å². The number of ether oxygens (including phenoxy) is 2. The quantitative estimate of drug-likeness (QED) is 0.266. The minimum atomic E-state index is -0.856. The molecule has 1 saturated carbocycles. The van der Waals surface area contributed by atoms with Crippen molar-refractivity contribution < 1.29 is 19.1 Å². The van der Waals surface area contributed by atoms with E-state index in [0.717, 1.165) is 30.4 Å². The number of esters is 1. The maximum absolute atomic E-state index is 14.4. The molecule has 5 atom stereocenters. The van der Waals surface area contributed by atoms with Crippen LogP contribution in [-0.4, -0.2) is 35.2 Å². The van der Waals surface area contributed by atoms with Gasteiger partial charge < -0.3 is 9.47 Å². The number of benzene rings is 3. The van der Waals surface area contributed by atoms with Gasteiger partial charge >= 0.3 is 12.1 Å². The van der Waals surface area contributed by atoms with Gasteiger partial charge in [0.15, 0.2) is 6.04 Å². The summed E-state index contributed by atoms with van der Waals surface area (Å²) in [4.78, 5) is 29.6. The zero-order valence-corrected chi connectivity index (χ0v) is 24.9. The number of rotatable bonds is 8. The smallest absolute Gasteiger partial charge is 0.411 e. The molecule has 5 heteroatoms. The monoisotopic (exact) mass is 553 g/mol. The summed E-state index contributed by atoms with van der Waals surface area (Å²) in [6, 6.07) is 28.9. The molecule has 2 aliphatic rings. The fraction of sp³-hybridized carbons (Fsp3) is 0.444. The van der Waals surface area contributed by atoms with Crippen molar-refractivity contribution >= 4 is 12.1 Å². The predicted octanol–water partition coefficient (Wildman–Crippen LogP) is 7.95. The average Bonchev–Trinajstić information content (AvgIpc) is 3.32. The van der Waals surface area contributed by atoms with Crippen molar-refractivity contribution in [1.82, 2.24) is 4.90 Å². The predicted molar refractivity (Wildman–Crippen MR) is 161 cm³/mol. The van der Waals surface area contributed by atoms with Crippen LogP contribution in [0.1, 0.15) is 76.6 Å². The molecule has 0 spiro atoms. The van der Waals surface area contributed by atoms with Gasteiger partial charge in [-0.25, -0.2) is 9.59 Å². The van der Waals surface area contributed by atoms with Gasteiger partial charge in [-0.3, -0.25) is 4.90 Å². The highest BCUT2D eigenvalue weighted by Gasteiger charge is 2.53. The molecule has 0 bridgehead atoms. The van der Waals surface area contributed by atoms with Crippen molar-refractivity contribution in [2.45, 2.75) is 83.6 Å². The van der Waals surface area contributed by atoms with Crippen LogP contribution in [0.3, 0.4) is 0 Å². The molecule has 0 N–H and O–H groups in total. The molecule has 1 aliphatic carbocycles. The largest absolute Gasteiger partial charge is 0.460 e. The molecule has 41 heavy (non-hydrogen) atoms. The minimum absolute atomic E-state index is 0.0597. The maximum Gasteiger partial charge on any atom is 0.411 e. The second kappa shape index (κ2) is 12.1. The lowest BCUT2D eigenvalue weighted by molar-refractivity contribution is -0.163. The number of hydrogen-bond acceptors (Lipinski definition) is 4. The minimum Gasteiger partial charge on any atom is -0.460 e. The molecular weight excluding hydrogens is 510 g/mol. The summed E-state index contributed by atoms with van der Waals surface area (Å²) in [5, 5.41) is 0. The Kier molecular flexibility index (Phi) is 8.53.